The van der Waals surface area contributed by atoms with Crippen LogP contribution in [0.15, 0.2) is 0 Å². The van der Waals surface area contributed by atoms with Gasteiger partial charge in [-0.05, 0) is 0 Å². The van der Waals surface area contributed by atoms with Gasteiger partial charge in [0.25, 0.3) is 0 Å². The average molecular weight is 190 g/mol. The molecule has 68 valence electrons. The zero-order valence-electron chi connectivity index (χ0n) is 6.52. The first kappa shape index (κ1) is 9.78. The summed E-state index contributed by atoms with van der Waals surface area (Å²) in [6, 6.07) is 0. The van der Waals surface area contributed by atoms with E-state index < -0.39 is 9.29 Å². The topological polar surface area (TPSA) is 68.4 Å². The van der Waals surface area contributed by atoms with Crippen molar-refractivity contribution in [2.45, 2.75) is 12.2 Å². The number of hydrogen-bond donors (Lipinski definition) is 0. The molecule has 0 spiro atoms. The third kappa shape index (κ3) is 5.36. The molecule has 2 atom stereocenters. The van der Waals surface area contributed by atoms with Gasteiger partial charge in [0.2, 0.25) is 0 Å². The molecular weight excluding hydrogens is 180 g/mol. The molecule has 0 saturated carbocycles. The Kier molecular flexibility index (Phi) is 4.37. The highest BCUT2D eigenvalue weighted by atomic mass is 28.2. The van der Waals surface area contributed by atoms with Gasteiger partial charge in [-0.1, -0.05) is 0 Å². The van der Waals surface area contributed by atoms with E-state index in [1.165, 1.54) is 0 Å². The van der Waals surface area contributed by atoms with E-state index in [9.17, 15) is 0 Å². The second-order valence-corrected chi connectivity index (χ2v) is 2.70. The quantitative estimate of drug-likeness (QED) is 0.428. The molecule has 2 fully saturated rings. The lowest BCUT2D eigenvalue weighted by Crippen LogP contribution is -2.06. The highest BCUT2D eigenvalue weighted by Gasteiger charge is 2.26. The fourth-order valence-corrected chi connectivity index (χ4v) is 0.659. The Morgan fingerprint density at radius 1 is 1.17 bits per heavy atom. The van der Waals surface area contributed by atoms with Gasteiger partial charge in [0.1, 0.15) is 12.2 Å². The highest BCUT2D eigenvalue weighted by Crippen LogP contribution is 2.12. The third-order valence-electron chi connectivity index (χ3n) is 1.41. The fourth-order valence-electron chi connectivity index (χ4n) is 0.659. The van der Waals surface area contributed by atoms with E-state index in [0.29, 0.717) is 12.2 Å². The van der Waals surface area contributed by atoms with Gasteiger partial charge in [-0.15, -0.1) is 0 Å². The largest absolute Gasteiger partial charge is 0.549 e. The first-order valence-electron chi connectivity index (χ1n) is 3.67. The summed E-state index contributed by atoms with van der Waals surface area (Å²) in [4.78, 5) is 0. The van der Waals surface area contributed by atoms with E-state index in [1.54, 1.807) is 0 Å². The Labute approximate surface area is 71.9 Å². The molecule has 2 aliphatic rings. The Bertz CT molecular complexity index is 147. The van der Waals surface area contributed by atoms with Crippen molar-refractivity contribution in [1.82, 2.24) is 0 Å². The van der Waals surface area contributed by atoms with Crippen LogP contribution >= 0.6 is 0 Å². The molecule has 0 aromatic rings. The monoisotopic (exact) mass is 190 g/mol. The van der Waals surface area contributed by atoms with E-state index in [1.807, 2.05) is 0 Å². The Morgan fingerprint density at radius 3 is 1.75 bits per heavy atom. The maximum Gasteiger partial charge on any atom is 0.549 e. The molecular formula is C6H10O5Si. The van der Waals surface area contributed by atoms with Gasteiger partial charge in [0, 0.05) is 0 Å². The Hall–Kier alpha value is -0.303. The molecule has 2 rings (SSSR count). The van der Waals surface area contributed by atoms with Crippen molar-refractivity contribution in [3.05, 3.63) is 0 Å². The van der Waals surface area contributed by atoms with Gasteiger partial charge >= 0.3 is 9.29 Å². The average Bonchev–Trinajstić information content (AvgIpc) is 2.82. The molecule has 0 N–H and O–H groups in total. The van der Waals surface area contributed by atoms with E-state index >= 15 is 0 Å². The van der Waals surface area contributed by atoms with Crippen LogP contribution in [0.2, 0.25) is 0 Å². The summed E-state index contributed by atoms with van der Waals surface area (Å²) in [6.45, 7) is 3.26. The number of rotatable bonds is 4. The second-order valence-electron chi connectivity index (χ2n) is 2.53. The molecule has 0 radical (unpaired) electrons. The van der Waals surface area contributed by atoms with E-state index in [0.717, 1.165) is 26.4 Å². The zero-order valence-corrected chi connectivity index (χ0v) is 7.52. The second kappa shape index (κ2) is 5.36. The minimum atomic E-state index is -1.42. The molecule has 2 aliphatic heterocycles. The summed E-state index contributed by atoms with van der Waals surface area (Å²) in [5, 5.41) is 0. The van der Waals surface area contributed by atoms with Crippen LogP contribution in [0.1, 0.15) is 0 Å². The summed E-state index contributed by atoms with van der Waals surface area (Å²) in [5.74, 6) is 0. The number of epoxide rings is 2. The van der Waals surface area contributed by atoms with Crippen molar-refractivity contribution in [1.29, 1.82) is 0 Å². The van der Waals surface area contributed by atoms with Gasteiger partial charge in [-0.25, -0.2) is 0 Å². The van der Waals surface area contributed by atoms with Crippen molar-refractivity contribution in [2.24, 2.45) is 0 Å². The van der Waals surface area contributed by atoms with Crippen LogP contribution in [0.5, 0.6) is 0 Å². The molecule has 5 nitrogen and oxygen atoms in total. The molecule has 6 heteroatoms. The minimum absolute atomic E-state index is 0.392. The van der Waals surface area contributed by atoms with Crippen LogP contribution in [0.3, 0.4) is 0 Å². The summed E-state index contributed by atoms with van der Waals surface area (Å²) in [7, 11) is -1.42. The molecule has 0 aromatic carbocycles. The Morgan fingerprint density at radius 2 is 1.50 bits per heavy atom. The SMILES string of the molecule is C(OCC1CO1)C1CO1.O=[Si]=O. The van der Waals surface area contributed by atoms with Crippen molar-refractivity contribution in [2.75, 3.05) is 26.4 Å². The maximum atomic E-state index is 8.40. The van der Waals surface area contributed by atoms with Gasteiger partial charge in [-0.2, -0.15) is 0 Å². The highest BCUT2D eigenvalue weighted by molar-refractivity contribution is 5.94. The predicted molar refractivity (Wildman–Crippen MR) is 37.4 cm³/mol. The first-order chi connectivity index (χ1) is 5.86. The predicted octanol–water partition coefficient (Wildman–Crippen LogP) is -0.818. The van der Waals surface area contributed by atoms with E-state index in [2.05, 4.69) is 0 Å². The smallest absolute Gasteiger partial charge is 0.376 e. The van der Waals surface area contributed by atoms with Crippen LogP contribution in [0.4, 0.5) is 0 Å². The van der Waals surface area contributed by atoms with Crippen LogP contribution in [0.25, 0.3) is 0 Å². The van der Waals surface area contributed by atoms with Crippen molar-refractivity contribution in [3.8, 4) is 0 Å². The van der Waals surface area contributed by atoms with E-state index in [4.69, 9.17) is 23.1 Å². The maximum absolute atomic E-state index is 8.40. The van der Waals surface area contributed by atoms with Gasteiger partial charge in [0.15, 0.2) is 0 Å². The fraction of sp³-hybridized carbons (Fsp3) is 1.00. The standard InChI is InChI=1S/C6H10O3.O2Si/c1(5-3-8-5)7-2-6-4-9-6;1-3-2/h5-6H,1-4H2;. The van der Waals surface area contributed by atoms with Crippen molar-refractivity contribution in [3.63, 3.8) is 0 Å². The first-order valence-corrected chi connectivity index (χ1v) is 4.48. The Balaban J connectivity index is 0.000000213. The molecule has 0 aliphatic carbocycles. The van der Waals surface area contributed by atoms with Crippen LogP contribution in [-0.2, 0) is 23.1 Å². The van der Waals surface area contributed by atoms with Gasteiger partial charge < -0.3 is 14.2 Å². The van der Waals surface area contributed by atoms with Crippen molar-refractivity contribution < 1.29 is 23.1 Å². The normalized spacial score (nSPS) is 29.7. The lowest BCUT2D eigenvalue weighted by molar-refractivity contribution is 0.102. The molecule has 0 bridgehead atoms. The van der Waals surface area contributed by atoms with Gasteiger partial charge in [-0.3, -0.25) is 8.92 Å². The van der Waals surface area contributed by atoms with Gasteiger partial charge in [0.05, 0.1) is 26.4 Å². The molecule has 12 heavy (non-hydrogen) atoms. The summed E-state index contributed by atoms with van der Waals surface area (Å²) < 4.78 is 31.9. The molecule has 0 aromatic heterocycles. The minimum Gasteiger partial charge on any atom is -0.376 e. The molecule has 2 unspecified atom stereocenters. The van der Waals surface area contributed by atoms with Crippen LogP contribution < -0.4 is 0 Å². The lowest BCUT2D eigenvalue weighted by atomic mass is 10.5. The van der Waals surface area contributed by atoms with Crippen molar-refractivity contribution >= 4 is 9.29 Å². The summed E-state index contributed by atoms with van der Waals surface area (Å²) >= 11 is 0. The number of hydrogen-bond acceptors (Lipinski definition) is 5. The summed E-state index contributed by atoms with van der Waals surface area (Å²) in [6.07, 6.45) is 0.785. The third-order valence-corrected chi connectivity index (χ3v) is 1.41. The lowest BCUT2D eigenvalue weighted by Gasteiger charge is -1.95. The zero-order chi connectivity index (χ0) is 8.81. The molecule has 2 saturated heterocycles. The van der Waals surface area contributed by atoms with Crippen LogP contribution in [-0.4, -0.2) is 47.9 Å². The number of ether oxygens (including phenoxy) is 3. The molecule has 2 heterocycles. The van der Waals surface area contributed by atoms with E-state index in [-0.39, 0.29) is 0 Å². The molecule has 0 amide bonds. The summed E-state index contributed by atoms with van der Waals surface area (Å²) in [5.41, 5.74) is 0. The van der Waals surface area contributed by atoms with Crippen LogP contribution in [0, 0.1) is 0 Å².